The summed E-state index contributed by atoms with van der Waals surface area (Å²) in [5.74, 6) is 8.42. The van der Waals surface area contributed by atoms with Crippen LogP contribution in [0.2, 0.25) is 24.2 Å². The van der Waals surface area contributed by atoms with E-state index in [0.717, 1.165) is 80.8 Å². The zero-order valence-corrected chi connectivity index (χ0v) is 39.7. The van der Waals surface area contributed by atoms with Crippen molar-refractivity contribution in [1.82, 2.24) is 0 Å². The fraction of sp³-hybridized carbons (Fsp3) is 0.917. The van der Waals surface area contributed by atoms with Gasteiger partial charge in [0.25, 0.3) is 0 Å². The quantitative estimate of drug-likeness (QED) is 0.262. The number of hydrogen-bond acceptors (Lipinski definition) is 2. The predicted molar refractivity (Wildman–Crippen MR) is 234 cm³/mol. The number of allylic oxidation sites excluding steroid dienone is 4. The van der Waals surface area contributed by atoms with E-state index in [0.29, 0.717) is 21.7 Å². The summed E-state index contributed by atoms with van der Waals surface area (Å²) in [5, 5.41) is 1.70. The third-order valence-electron chi connectivity index (χ3n) is 17.1. The summed E-state index contributed by atoms with van der Waals surface area (Å²) in [4.78, 5) is 3.54. The topological polar surface area (TPSA) is 0 Å². The molecule has 0 spiro atoms. The highest BCUT2D eigenvalue weighted by molar-refractivity contribution is 8.04. The van der Waals surface area contributed by atoms with Crippen molar-refractivity contribution in [2.75, 3.05) is 0 Å². The lowest BCUT2D eigenvalue weighted by Crippen LogP contribution is -2.47. The van der Waals surface area contributed by atoms with Gasteiger partial charge in [0.15, 0.2) is 0 Å². The Morgan fingerprint density at radius 2 is 0.725 bits per heavy atom. The van der Waals surface area contributed by atoms with Crippen LogP contribution >= 0.6 is 23.5 Å². The molecule has 0 amide bonds. The number of rotatable bonds is 4. The molecule has 2 heterocycles. The third kappa shape index (κ3) is 7.63. The predicted octanol–water partition coefficient (Wildman–Crippen LogP) is 15.8. The van der Waals surface area contributed by atoms with Crippen molar-refractivity contribution in [3.05, 3.63) is 21.0 Å². The second kappa shape index (κ2) is 13.8. The van der Waals surface area contributed by atoms with Gasteiger partial charge in [-0.2, -0.15) is 0 Å². The van der Waals surface area contributed by atoms with E-state index in [1.165, 1.54) is 51.4 Å². The van der Waals surface area contributed by atoms with Crippen LogP contribution in [0.4, 0.5) is 0 Å². The smallest absolute Gasteiger partial charge is 0.0564 e. The molecule has 51 heavy (non-hydrogen) atoms. The Bertz CT molecular complexity index is 1210. The molecule has 6 rings (SSSR count). The highest BCUT2D eigenvalue weighted by Crippen LogP contribution is 2.70. The van der Waals surface area contributed by atoms with E-state index in [4.69, 9.17) is 0 Å². The van der Waals surface area contributed by atoms with Crippen molar-refractivity contribution in [1.29, 1.82) is 0 Å². The van der Waals surface area contributed by atoms with Crippen LogP contribution in [0.5, 0.6) is 0 Å². The van der Waals surface area contributed by atoms with Crippen LogP contribution in [0, 0.1) is 80.8 Å². The van der Waals surface area contributed by atoms with Crippen LogP contribution < -0.4 is 0 Å². The van der Waals surface area contributed by atoms with Gasteiger partial charge in [0, 0.05) is 10.5 Å². The first kappa shape index (κ1) is 41.0. The van der Waals surface area contributed by atoms with E-state index in [2.05, 4.69) is 147 Å². The lowest BCUT2D eigenvalue weighted by molar-refractivity contribution is 0.0570. The van der Waals surface area contributed by atoms with Crippen LogP contribution in [0.25, 0.3) is 0 Å². The molecule has 0 aromatic heterocycles. The average molecular weight is 753 g/mol. The summed E-state index contributed by atoms with van der Waals surface area (Å²) in [6.45, 7) is 46.8. The van der Waals surface area contributed by atoms with Crippen molar-refractivity contribution in [3.8, 4) is 0 Å². The molecule has 0 aromatic carbocycles. The molecule has 12 atom stereocenters. The highest BCUT2D eigenvalue weighted by atomic mass is 32.2. The van der Waals surface area contributed by atoms with Gasteiger partial charge in [-0.05, 0) is 167 Å². The largest absolute Gasteiger partial charge is 0.127 e. The molecule has 0 aromatic rings. The monoisotopic (exact) mass is 753 g/mol. The van der Waals surface area contributed by atoms with Gasteiger partial charge in [-0.3, -0.25) is 0 Å². The van der Waals surface area contributed by atoms with E-state index in [-0.39, 0.29) is 0 Å². The van der Waals surface area contributed by atoms with Crippen molar-refractivity contribution >= 4 is 31.6 Å². The Hall–Kier alpha value is 0.397. The number of thioether (sulfide) groups is 2. The molecule has 0 nitrogen and oxygen atoms in total. The van der Waals surface area contributed by atoms with Gasteiger partial charge in [-0.25, -0.2) is 0 Å². The van der Waals surface area contributed by atoms with Crippen molar-refractivity contribution in [2.45, 2.75) is 197 Å². The Morgan fingerprint density at radius 3 is 0.980 bits per heavy atom. The van der Waals surface area contributed by atoms with Gasteiger partial charge in [0.1, 0.15) is 0 Å². The van der Waals surface area contributed by atoms with Crippen LogP contribution in [-0.4, -0.2) is 18.6 Å². The Morgan fingerprint density at radius 1 is 0.451 bits per heavy atom. The zero-order valence-electron chi connectivity index (χ0n) is 37.1. The molecule has 0 N–H and O–H groups in total. The van der Waals surface area contributed by atoms with Gasteiger partial charge < -0.3 is 0 Å². The summed E-state index contributed by atoms with van der Waals surface area (Å²) in [6, 6.07) is 0. The molecule has 6 aliphatic rings. The molecule has 4 fully saturated rings. The SMILES string of the molecule is CC1=C(C2CC(C(C)(C)C)CC(C(C)(C)C)C2)C2CC(C)C([Si](C)(C)C3C(C)CC4C(C5CC(C(C)(C)C)CC(C(C)(C)C)C5)=C(C)SC43)C2S1. The summed E-state index contributed by atoms with van der Waals surface area (Å²) < 4.78 is 0. The first-order chi connectivity index (χ1) is 23.2. The summed E-state index contributed by atoms with van der Waals surface area (Å²) in [5.41, 5.74) is 7.45. The van der Waals surface area contributed by atoms with E-state index < -0.39 is 8.07 Å². The molecule has 2 aliphatic heterocycles. The van der Waals surface area contributed by atoms with E-state index in [9.17, 15) is 0 Å². The van der Waals surface area contributed by atoms with E-state index >= 15 is 0 Å². The maximum absolute atomic E-state index is 2.92. The maximum Gasteiger partial charge on any atom is 0.0564 e. The normalized spacial score (nSPS) is 42.9. The first-order valence-corrected chi connectivity index (χ1v) is 26.9. The summed E-state index contributed by atoms with van der Waals surface area (Å²) in [6.07, 6.45) is 11.6. The molecule has 0 radical (unpaired) electrons. The lowest BCUT2D eigenvalue weighted by Gasteiger charge is -2.47. The molecule has 12 unspecified atom stereocenters. The standard InChI is InChI=1S/C48H84S2Si/c1-27-19-37-39(31-21-33(45(5,6)7)25-34(22-31)46(8,9)10)29(3)49-41(37)43(27)51(17,18)44-28(2)20-38-40(30(4)50-42(38)44)32-23-35(47(11,12)13)26-36(24-32)48(14,15)16/h27-28,31-38,41-44H,19-26H2,1-18H3. The molecular weight excluding hydrogens is 669 g/mol. The van der Waals surface area contributed by atoms with Gasteiger partial charge in [-0.1, -0.05) is 121 Å². The van der Waals surface area contributed by atoms with Crippen molar-refractivity contribution < 1.29 is 0 Å². The molecule has 0 saturated heterocycles. The second-order valence-corrected chi connectivity index (χ2v) is 32.5. The van der Waals surface area contributed by atoms with E-state index in [1.807, 2.05) is 11.1 Å². The molecule has 4 aliphatic carbocycles. The number of fused-ring (bicyclic) bond motifs is 2. The van der Waals surface area contributed by atoms with Crippen LogP contribution in [0.3, 0.4) is 0 Å². The Balaban J connectivity index is 1.24. The minimum Gasteiger partial charge on any atom is -0.127 e. The van der Waals surface area contributed by atoms with Gasteiger partial charge in [-0.15, -0.1) is 23.5 Å². The van der Waals surface area contributed by atoms with Crippen LogP contribution in [-0.2, 0) is 0 Å². The van der Waals surface area contributed by atoms with Gasteiger partial charge in [0.2, 0.25) is 0 Å². The van der Waals surface area contributed by atoms with Crippen molar-refractivity contribution in [2.24, 2.45) is 80.8 Å². The summed E-state index contributed by atoms with van der Waals surface area (Å²) in [7, 11) is -1.62. The molecule has 0 bridgehead atoms. The molecule has 3 heteroatoms. The maximum atomic E-state index is 2.92. The molecule has 292 valence electrons. The second-order valence-electron chi connectivity index (χ2n) is 24.8. The number of hydrogen-bond donors (Lipinski definition) is 0. The molecular formula is C48H84S2Si. The minimum absolute atomic E-state index is 0.403. The minimum atomic E-state index is -1.62. The lowest BCUT2D eigenvalue weighted by atomic mass is 9.58. The van der Waals surface area contributed by atoms with Crippen molar-refractivity contribution in [3.63, 3.8) is 0 Å². The highest BCUT2D eigenvalue weighted by Gasteiger charge is 2.62. The van der Waals surface area contributed by atoms with E-state index in [1.54, 1.807) is 9.81 Å². The van der Waals surface area contributed by atoms with Gasteiger partial charge in [0.05, 0.1) is 8.07 Å². The average Bonchev–Trinajstić information content (AvgIpc) is 3.65. The fourth-order valence-electron chi connectivity index (χ4n) is 14.2. The fourth-order valence-corrected chi connectivity index (χ4v) is 25.9. The summed E-state index contributed by atoms with van der Waals surface area (Å²) >= 11 is 4.81. The van der Waals surface area contributed by atoms with Gasteiger partial charge >= 0.3 is 0 Å². The molecule has 4 saturated carbocycles. The Kier molecular flexibility index (Phi) is 11.1. The zero-order chi connectivity index (χ0) is 38.0. The first-order valence-electron chi connectivity index (χ1n) is 22.0. The third-order valence-corrected chi connectivity index (χ3v) is 25.9. The Labute approximate surface area is 328 Å². The van der Waals surface area contributed by atoms with Crippen LogP contribution in [0.1, 0.15) is 162 Å². The van der Waals surface area contributed by atoms with Crippen LogP contribution in [0.15, 0.2) is 21.0 Å².